The van der Waals surface area contributed by atoms with Crippen LogP contribution in [-0.4, -0.2) is 24.3 Å². The molecule has 0 spiro atoms. The van der Waals surface area contributed by atoms with E-state index in [1.54, 1.807) is 11.3 Å². The van der Waals surface area contributed by atoms with Gasteiger partial charge in [-0.1, -0.05) is 11.3 Å². The van der Waals surface area contributed by atoms with Crippen molar-refractivity contribution in [3.05, 3.63) is 5.01 Å². The normalized spacial score (nSPS) is 8.70. The smallest absolute Gasteiger partial charge is 0.207 e. The zero-order valence-corrected chi connectivity index (χ0v) is 7.79. The molecule has 0 saturated carbocycles. The van der Waals surface area contributed by atoms with Crippen LogP contribution in [0.15, 0.2) is 0 Å². The summed E-state index contributed by atoms with van der Waals surface area (Å²) in [5.74, 6) is 0. The Morgan fingerprint density at radius 3 is 2.10 bits per heavy atom. The minimum Gasteiger partial charge on any atom is -0.353 e. The van der Waals surface area contributed by atoms with Gasteiger partial charge in [-0.05, 0) is 6.92 Å². The van der Waals surface area contributed by atoms with Crippen molar-refractivity contribution >= 4 is 28.9 Å². The summed E-state index contributed by atoms with van der Waals surface area (Å²) in [6.07, 6.45) is 0. The highest BCUT2D eigenvalue weighted by molar-refractivity contribution is 7.15. The molecule has 10 heavy (non-hydrogen) atoms. The quantitative estimate of drug-likeness (QED) is 0.652. The van der Waals surface area contributed by atoms with Crippen LogP contribution in [0.4, 0.5) is 5.13 Å². The Kier molecular flexibility index (Phi) is 3.60. The molecule has 1 heterocycles. The van der Waals surface area contributed by atoms with Crippen molar-refractivity contribution in [3.8, 4) is 0 Å². The van der Waals surface area contributed by atoms with E-state index in [0.717, 1.165) is 10.1 Å². The van der Waals surface area contributed by atoms with Gasteiger partial charge in [-0.15, -0.1) is 22.6 Å². The Morgan fingerprint density at radius 1 is 1.30 bits per heavy atom. The summed E-state index contributed by atoms with van der Waals surface area (Å²) in [6.45, 7) is 1.95. The molecular weight excluding hydrogens is 170 g/mol. The first-order valence-corrected chi connectivity index (χ1v) is 3.49. The van der Waals surface area contributed by atoms with Gasteiger partial charge < -0.3 is 4.90 Å². The molecule has 0 radical (unpaired) electrons. The fraction of sp³-hybridized carbons (Fsp3) is 0.600. The summed E-state index contributed by atoms with van der Waals surface area (Å²) in [7, 11) is 3.92. The van der Waals surface area contributed by atoms with Crippen molar-refractivity contribution in [1.29, 1.82) is 0 Å². The molecule has 0 amide bonds. The van der Waals surface area contributed by atoms with Gasteiger partial charge in [-0.3, -0.25) is 0 Å². The van der Waals surface area contributed by atoms with E-state index in [0.29, 0.717) is 0 Å². The van der Waals surface area contributed by atoms with Gasteiger partial charge in [0.1, 0.15) is 5.01 Å². The lowest BCUT2D eigenvalue weighted by atomic mass is 10.9. The molecule has 3 nitrogen and oxygen atoms in total. The fourth-order valence-electron chi connectivity index (χ4n) is 0.467. The highest BCUT2D eigenvalue weighted by Gasteiger charge is 1.99. The van der Waals surface area contributed by atoms with Crippen molar-refractivity contribution in [1.82, 2.24) is 10.2 Å². The molecule has 58 valence electrons. The van der Waals surface area contributed by atoms with Crippen molar-refractivity contribution in [2.24, 2.45) is 0 Å². The summed E-state index contributed by atoms with van der Waals surface area (Å²) >= 11 is 1.60. The summed E-state index contributed by atoms with van der Waals surface area (Å²) in [5, 5.41) is 9.75. The molecule has 0 fully saturated rings. The third-order valence-corrected chi connectivity index (χ3v) is 1.90. The Hall–Kier alpha value is -0.350. The molecule has 0 saturated heterocycles. The van der Waals surface area contributed by atoms with E-state index < -0.39 is 0 Å². The van der Waals surface area contributed by atoms with Gasteiger partial charge in [0.2, 0.25) is 5.13 Å². The molecule has 0 aliphatic heterocycles. The van der Waals surface area contributed by atoms with Gasteiger partial charge in [0.15, 0.2) is 0 Å². The Bertz CT molecular complexity index is 199. The van der Waals surface area contributed by atoms with Gasteiger partial charge in [0.25, 0.3) is 0 Å². The second kappa shape index (κ2) is 3.73. The number of aromatic nitrogens is 2. The minimum absolute atomic E-state index is 0. The number of rotatable bonds is 1. The Labute approximate surface area is 70.5 Å². The van der Waals surface area contributed by atoms with Crippen LogP contribution in [0, 0.1) is 6.92 Å². The standard InChI is InChI=1S/C5H9N3S.ClH/c1-4-6-7-5(9-4)8(2)3;/h1-3H3;1H. The van der Waals surface area contributed by atoms with E-state index in [9.17, 15) is 0 Å². The van der Waals surface area contributed by atoms with E-state index in [1.165, 1.54) is 0 Å². The SMILES string of the molecule is Cc1nnc(N(C)C)s1.Cl. The molecule has 1 rings (SSSR count). The zero-order chi connectivity index (χ0) is 6.85. The average molecular weight is 180 g/mol. The minimum atomic E-state index is 0. The second-order valence-corrected chi connectivity index (χ2v) is 3.16. The van der Waals surface area contributed by atoms with E-state index in [-0.39, 0.29) is 12.4 Å². The number of anilines is 1. The second-order valence-electron chi connectivity index (χ2n) is 2.00. The molecular formula is C5H10ClN3S. The average Bonchev–Trinajstić information content (AvgIpc) is 2.14. The van der Waals surface area contributed by atoms with Crippen molar-refractivity contribution in [2.45, 2.75) is 6.92 Å². The third-order valence-electron chi connectivity index (χ3n) is 0.898. The predicted molar refractivity (Wildman–Crippen MR) is 46.2 cm³/mol. The summed E-state index contributed by atoms with van der Waals surface area (Å²) in [4.78, 5) is 1.95. The van der Waals surface area contributed by atoms with Crippen molar-refractivity contribution in [2.75, 3.05) is 19.0 Å². The largest absolute Gasteiger partial charge is 0.353 e. The van der Waals surface area contributed by atoms with Gasteiger partial charge in [-0.2, -0.15) is 0 Å². The monoisotopic (exact) mass is 179 g/mol. The first-order valence-electron chi connectivity index (χ1n) is 2.67. The van der Waals surface area contributed by atoms with Gasteiger partial charge >= 0.3 is 0 Å². The van der Waals surface area contributed by atoms with E-state index >= 15 is 0 Å². The van der Waals surface area contributed by atoms with E-state index in [1.807, 2.05) is 25.9 Å². The first kappa shape index (κ1) is 9.65. The number of halogens is 1. The topological polar surface area (TPSA) is 29.0 Å². The molecule has 0 bridgehead atoms. The van der Waals surface area contributed by atoms with Crippen LogP contribution >= 0.6 is 23.7 Å². The molecule has 0 aromatic carbocycles. The van der Waals surface area contributed by atoms with E-state index in [4.69, 9.17) is 0 Å². The maximum atomic E-state index is 3.91. The summed E-state index contributed by atoms with van der Waals surface area (Å²) in [5.41, 5.74) is 0. The number of aryl methyl sites for hydroxylation is 1. The zero-order valence-electron chi connectivity index (χ0n) is 6.16. The van der Waals surface area contributed by atoms with Crippen LogP contribution in [0.5, 0.6) is 0 Å². The number of nitrogens with zero attached hydrogens (tertiary/aromatic N) is 3. The molecule has 0 aliphatic rings. The molecule has 0 unspecified atom stereocenters. The Morgan fingerprint density at radius 2 is 1.90 bits per heavy atom. The van der Waals surface area contributed by atoms with Crippen LogP contribution < -0.4 is 4.90 Å². The van der Waals surface area contributed by atoms with Gasteiger partial charge in [0.05, 0.1) is 0 Å². The number of hydrogen-bond donors (Lipinski definition) is 0. The van der Waals surface area contributed by atoms with Crippen molar-refractivity contribution in [3.63, 3.8) is 0 Å². The lowest BCUT2D eigenvalue weighted by Crippen LogP contribution is -2.07. The molecule has 0 aliphatic carbocycles. The maximum absolute atomic E-state index is 3.91. The van der Waals surface area contributed by atoms with E-state index in [2.05, 4.69) is 10.2 Å². The molecule has 0 N–H and O–H groups in total. The first-order chi connectivity index (χ1) is 4.20. The summed E-state index contributed by atoms with van der Waals surface area (Å²) in [6, 6.07) is 0. The summed E-state index contributed by atoms with van der Waals surface area (Å²) < 4.78 is 0. The predicted octanol–water partition coefficient (Wildman–Crippen LogP) is 1.33. The van der Waals surface area contributed by atoms with Crippen LogP contribution in [0.2, 0.25) is 0 Å². The third kappa shape index (κ3) is 2.11. The van der Waals surface area contributed by atoms with Crippen LogP contribution in [0.3, 0.4) is 0 Å². The highest BCUT2D eigenvalue weighted by atomic mass is 35.5. The molecule has 0 atom stereocenters. The van der Waals surface area contributed by atoms with Crippen LogP contribution in [-0.2, 0) is 0 Å². The molecule has 5 heteroatoms. The lowest BCUT2D eigenvalue weighted by Gasteiger charge is -2.03. The fourth-order valence-corrected chi connectivity index (χ4v) is 1.08. The van der Waals surface area contributed by atoms with Crippen LogP contribution in [0.1, 0.15) is 5.01 Å². The van der Waals surface area contributed by atoms with Gasteiger partial charge in [-0.25, -0.2) is 0 Å². The highest BCUT2D eigenvalue weighted by Crippen LogP contribution is 2.15. The van der Waals surface area contributed by atoms with Gasteiger partial charge in [0, 0.05) is 14.1 Å². The maximum Gasteiger partial charge on any atom is 0.207 e. The van der Waals surface area contributed by atoms with Crippen LogP contribution in [0.25, 0.3) is 0 Å². The molecule has 1 aromatic heterocycles. The number of hydrogen-bond acceptors (Lipinski definition) is 4. The van der Waals surface area contributed by atoms with Crippen molar-refractivity contribution < 1.29 is 0 Å². The lowest BCUT2D eigenvalue weighted by molar-refractivity contribution is 0.997. The Balaban J connectivity index is 0.000000810. The molecule has 1 aromatic rings.